The fourth-order valence-electron chi connectivity index (χ4n) is 1.68. The third kappa shape index (κ3) is 3.88. The van der Waals surface area contributed by atoms with E-state index in [0.29, 0.717) is 16.4 Å². The molecule has 1 aromatic carbocycles. The van der Waals surface area contributed by atoms with Crippen molar-refractivity contribution in [1.29, 1.82) is 0 Å². The van der Waals surface area contributed by atoms with Crippen LogP contribution in [0.25, 0.3) is 0 Å². The number of anilines is 1. The van der Waals surface area contributed by atoms with E-state index in [0.717, 1.165) is 22.1 Å². The molecule has 2 N–H and O–H groups in total. The van der Waals surface area contributed by atoms with E-state index >= 15 is 0 Å². The van der Waals surface area contributed by atoms with Crippen molar-refractivity contribution < 1.29 is 5.11 Å². The van der Waals surface area contributed by atoms with E-state index in [1.165, 1.54) is 0 Å². The van der Waals surface area contributed by atoms with E-state index in [2.05, 4.69) is 70.9 Å². The Balaban J connectivity index is 3.19. The molecule has 0 heterocycles. The standard InChI is InChI=1S/C13H19Br2NO/c1-7(2)5-9-6-10(16-8(3)4)12(15)13(17)11(9)14/h6-8,16-17H,5H2,1-4H3. The summed E-state index contributed by atoms with van der Waals surface area (Å²) in [7, 11) is 0. The Morgan fingerprint density at radius 1 is 1.18 bits per heavy atom. The third-order valence-electron chi connectivity index (χ3n) is 2.33. The van der Waals surface area contributed by atoms with E-state index < -0.39 is 0 Å². The number of hydrogen-bond acceptors (Lipinski definition) is 2. The van der Waals surface area contributed by atoms with E-state index in [-0.39, 0.29) is 5.75 Å². The Morgan fingerprint density at radius 2 is 1.76 bits per heavy atom. The summed E-state index contributed by atoms with van der Waals surface area (Å²) in [6.07, 6.45) is 0.939. The summed E-state index contributed by atoms with van der Waals surface area (Å²) in [5.41, 5.74) is 2.07. The highest BCUT2D eigenvalue weighted by Crippen LogP contribution is 2.41. The highest BCUT2D eigenvalue weighted by Gasteiger charge is 2.15. The molecule has 0 atom stereocenters. The second kappa shape index (κ2) is 6.10. The summed E-state index contributed by atoms with van der Waals surface area (Å²) in [4.78, 5) is 0. The lowest BCUT2D eigenvalue weighted by atomic mass is 10.0. The van der Waals surface area contributed by atoms with E-state index in [1.54, 1.807) is 0 Å². The van der Waals surface area contributed by atoms with Gasteiger partial charge in [0, 0.05) is 6.04 Å². The van der Waals surface area contributed by atoms with Gasteiger partial charge in [-0.25, -0.2) is 0 Å². The van der Waals surface area contributed by atoms with Gasteiger partial charge < -0.3 is 10.4 Å². The van der Waals surface area contributed by atoms with Crippen LogP contribution in [0.5, 0.6) is 5.75 Å². The van der Waals surface area contributed by atoms with Crippen LogP contribution in [-0.2, 0) is 6.42 Å². The Bertz CT molecular complexity index is 369. The van der Waals surface area contributed by atoms with E-state index in [9.17, 15) is 5.11 Å². The zero-order valence-corrected chi connectivity index (χ0v) is 13.8. The largest absolute Gasteiger partial charge is 0.505 e. The van der Waals surface area contributed by atoms with Gasteiger partial charge in [-0.15, -0.1) is 0 Å². The number of halogens is 2. The number of benzene rings is 1. The molecule has 0 bridgehead atoms. The molecule has 0 aliphatic carbocycles. The van der Waals surface area contributed by atoms with Crippen LogP contribution in [0.1, 0.15) is 33.3 Å². The molecule has 96 valence electrons. The molecule has 0 amide bonds. The molecule has 4 heteroatoms. The third-order valence-corrected chi connectivity index (χ3v) is 4.01. The maximum atomic E-state index is 10.1. The van der Waals surface area contributed by atoms with Gasteiger partial charge in [0.15, 0.2) is 0 Å². The van der Waals surface area contributed by atoms with Gasteiger partial charge in [-0.05, 0) is 69.7 Å². The van der Waals surface area contributed by atoms with Crippen LogP contribution in [0.4, 0.5) is 5.69 Å². The lowest BCUT2D eigenvalue weighted by Crippen LogP contribution is -2.11. The predicted octanol–water partition coefficient (Wildman–Crippen LogP) is 4.94. The number of nitrogens with one attached hydrogen (secondary N) is 1. The maximum absolute atomic E-state index is 10.1. The average Bonchev–Trinajstić information content (AvgIpc) is 2.20. The van der Waals surface area contributed by atoms with Gasteiger partial charge in [-0.1, -0.05) is 13.8 Å². The molecule has 0 saturated heterocycles. The lowest BCUT2D eigenvalue weighted by molar-refractivity contribution is 0.467. The highest BCUT2D eigenvalue weighted by atomic mass is 79.9. The van der Waals surface area contributed by atoms with Gasteiger partial charge in [0.1, 0.15) is 5.75 Å². The van der Waals surface area contributed by atoms with Crippen molar-refractivity contribution in [3.63, 3.8) is 0 Å². The summed E-state index contributed by atoms with van der Waals surface area (Å²) in [6, 6.07) is 2.42. The molecule has 0 saturated carbocycles. The molecule has 1 aromatic rings. The minimum atomic E-state index is 0.270. The van der Waals surface area contributed by atoms with Crippen molar-refractivity contribution >= 4 is 37.5 Å². The molecule has 0 spiro atoms. The first-order valence-electron chi connectivity index (χ1n) is 5.79. The van der Waals surface area contributed by atoms with Gasteiger partial charge in [0.05, 0.1) is 14.6 Å². The topological polar surface area (TPSA) is 32.3 Å². The van der Waals surface area contributed by atoms with Gasteiger partial charge in [-0.2, -0.15) is 0 Å². The van der Waals surface area contributed by atoms with Crippen LogP contribution in [-0.4, -0.2) is 11.1 Å². The molecule has 0 unspecified atom stereocenters. The van der Waals surface area contributed by atoms with Crippen LogP contribution in [0, 0.1) is 5.92 Å². The first kappa shape index (κ1) is 14.8. The Labute approximate surface area is 120 Å². The van der Waals surface area contributed by atoms with Crippen LogP contribution in [0.3, 0.4) is 0 Å². The van der Waals surface area contributed by atoms with Gasteiger partial charge in [0.25, 0.3) is 0 Å². The Morgan fingerprint density at radius 3 is 2.24 bits per heavy atom. The van der Waals surface area contributed by atoms with Crippen molar-refractivity contribution in [3.05, 3.63) is 20.6 Å². The maximum Gasteiger partial charge on any atom is 0.146 e. The molecular weight excluding hydrogens is 346 g/mol. The second-order valence-corrected chi connectivity index (χ2v) is 6.54. The molecule has 0 radical (unpaired) electrons. The smallest absolute Gasteiger partial charge is 0.146 e. The fourth-order valence-corrected chi connectivity index (χ4v) is 2.85. The molecular formula is C13H19Br2NO. The minimum Gasteiger partial charge on any atom is -0.505 e. The molecule has 0 aliphatic heterocycles. The lowest BCUT2D eigenvalue weighted by Gasteiger charge is -2.17. The van der Waals surface area contributed by atoms with Crippen molar-refractivity contribution in [2.75, 3.05) is 5.32 Å². The quantitative estimate of drug-likeness (QED) is 0.793. The molecule has 2 nitrogen and oxygen atoms in total. The molecule has 0 aromatic heterocycles. The number of aromatic hydroxyl groups is 1. The highest BCUT2D eigenvalue weighted by molar-refractivity contribution is 9.11. The normalized spacial score (nSPS) is 11.3. The number of rotatable bonds is 4. The zero-order valence-electron chi connectivity index (χ0n) is 10.6. The van der Waals surface area contributed by atoms with E-state index in [1.807, 2.05) is 0 Å². The average molecular weight is 365 g/mol. The fraction of sp³-hybridized carbons (Fsp3) is 0.538. The van der Waals surface area contributed by atoms with Crippen LogP contribution < -0.4 is 5.32 Å². The number of phenolic OH excluding ortho intramolecular Hbond substituents is 1. The van der Waals surface area contributed by atoms with Crippen LogP contribution in [0.2, 0.25) is 0 Å². The summed E-state index contributed by atoms with van der Waals surface area (Å²) in [5.74, 6) is 0.824. The molecule has 1 rings (SSSR count). The monoisotopic (exact) mass is 363 g/mol. The van der Waals surface area contributed by atoms with Crippen molar-refractivity contribution in [1.82, 2.24) is 0 Å². The van der Waals surface area contributed by atoms with E-state index in [4.69, 9.17) is 0 Å². The molecule has 0 aliphatic rings. The Hall–Kier alpha value is -0.220. The summed E-state index contributed by atoms with van der Waals surface area (Å²) in [5, 5.41) is 13.4. The summed E-state index contributed by atoms with van der Waals surface area (Å²) in [6.45, 7) is 8.49. The Kier molecular flexibility index (Phi) is 5.32. The number of hydrogen-bond donors (Lipinski definition) is 2. The predicted molar refractivity (Wildman–Crippen MR) is 80.8 cm³/mol. The SMILES string of the molecule is CC(C)Cc1cc(NC(C)C)c(Br)c(O)c1Br. The molecule has 17 heavy (non-hydrogen) atoms. The first-order chi connectivity index (χ1) is 7.82. The van der Waals surface area contributed by atoms with Crippen molar-refractivity contribution in [2.45, 2.75) is 40.2 Å². The number of phenols is 1. The van der Waals surface area contributed by atoms with Crippen molar-refractivity contribution in [3.8, 4) is 5.75 Å². The first-order valence-corrected chi connectivity index (χ1v) is 7.37. The summed E-state index contributed by atoms with van der Waals surface area (Å²) >= 11 is 6.87. The van der Waals surface area contributed by atoms with Gasteiger partial charge in [0.2, 0.25) is 0 Å². The zero-order chi connectivity index (χ0) is 13.2. The molecule has 0 fully saturated rings. The van der Waals surface area contributed by atoms with Gasteiger partial charge >= 0.3 is 0 Å². The van der Waals surface area contributed by atoms with Gasteiger partial charge in [-0.3, -0.25) is 0 Å². The van der Waals surface area contributed by atoms with Crippen molar-refractivity contribution in [2.24, 2.45) is 5.92 Å². The minimum absolute atomic E-state index is 0.270. The van der Waals surface area contributed by atoms with Crippen LogP contribution in [0.15, 0.2) is 15.0 Å². The summed E-state index contributed by atoms with van der Waals surface area (Å²) < 4.78 is 1.50. The second-order valence-electron chi connectivity index (χ2n) is 4.96. The van der Waals surface area contributed by atoms with Crippen LogP contribution >= 0.6 is 31.9 Å².